The zero-order chi connectivity index (χ0) is 58.4. The molecule has 0 aliphatic rings. The summed E-state index contributed by atoms with van der Waals surface area (Å²) in [7, 11) is 2.93. The quantitative estimate of drug-likeness (QED) is 0.104. The average Bonchev–Trinajstić information content (AvgIpc) is 3.38. The van der Waals surface area contributed by atoms with Gasteiger partial charge in [-0.1, -0.05) is 214 Å². The third-order valence-electron chi connectivity index (χ3n) is 14.3. The van der Waals surface area contributed by atoms with Crippen LogP contribution in [0.2, 0.25) is 0 Å². The van der Waals surface area contributed by atoms with Crippen LogP contribution >= 0.6 is 33.5 Å². The largest absolute Gasteiger partial charge is 1.00 e. The van der Waals surface area contributed by atoms with E-state index in [1.807, 2.05) is 17.3 Å². The van der Waals surface area contributed by atoms with Gasteiger partial charge in [-0.15, -0.1) is 0 Å². The van der Waals surface area contributed by atoms with Crippen LogP contribution in [0.4, 0.5) is 0 Å². The van der Waals surface area contributed by atoms with E-state index in [0.717, 1.165) is 0 Å². The fraction of sp³-hybridized carbons (Fsp3) is 0.247. The van der Waals surface area contributed by atoms with Crippen molar-refractivity contribution in [3.05, 3.63) is 264 Å². The predicted octanol–water partition coefficient (Wildman–Crippen LogP) is 16.3. The van der Waals surface area contributed by atoms with E-state index in [2.05, 4.69) is 305 Å². The molecule has 0 amide bonds. The maximum absolute atomic E-state index is 7.50. The summed E-state index contributed by atoms with van der Waals surface area (Å²) in [5.74, 6) is 0. The van der Waals surface area contributed by atoms with E-state index in [9.17, 15) is 0 Å². The molecular weight excluding hydrogens is 1120 g/mol. The molecule has 9 aromatic rings. The number of benzene rings is 9. The van der Waals surface area contributed by atoms with E-state index in [0.29, 0.717) is 0 Å². The molecule has 9 rings (SSSR count). The molecule has 2 radical (unpaired) electrons. The van der Waals surface area contributed by atoms with Crippen molar-refractivity contribution in [2.45, 2.75) is 125 Å². The molecule has 0 aliphatic carbocycles. The number of hydrogen-bond acceptors (Lipinski definition) is 1. The molecule has 0 spiro atoms. The molecule has 0 saturated heterocycles. The van der Waals surface area contributed by atoms with Gasteiger partial charge < -0.3 is 1.43 Å². The molecule has 0 fully saturated rings. The maximum Gasteiger partial charge on any atom is -1.00 e. The number of rotatable bonds is 9. The number of halogens is 1. The van der Waals surface area contributed by atoms with Crippen LogP contribution in [-0.2, 0) is 22.1 Å². The Bertz CT molecular complexity index is 2810. The second kappa shape index (κ2) is 30.1. The molecule has 6 heteroatoms. The molecular formula is C73H82ClOP3Ru-. The fourth-order valence-corrected chi connectivity index (χ4v) is 18.8. The Morgan fingerprint density at radius 3 is 0.392 bits per heavy atom. The smallest absolute Gasteiger partial charge is 1.00 e. The van der Waals surface area contributed by atoms with E-state index in [-0.39, 0.29) is 1.43 Å². The average molecular weight is 1200 g/mol. The Labute approximate surface area is 496 Å². The number of hydrogen-bond donors (Lipinski definition) is 0. The van der Waals surface area contributed by atoms with E-state index in [1.54, 1.807) is 0 Å². The third kappa shape index (κ3) is 16.7. The molecule has 0 saturated carbocycles. The molecule has 0 bridgehead atoms. The minimum Gasteiger partial charge on any atom is -1.00 e. The van der Waals surface area contributed by atoms with Crippen LogP contribution in [0.5, 0.6) is 0 Å². The number of aryl methyl sites for hydroxylation is 18. The zero-order valence-electron chi connectivity index (χ0n) is 51.1. The van der Waals surface area contributed by atoms with E-state index >= 15 is 0 Å². The van der Waals surface area contributed by atoms with Gasteiger partial charge >= 0.3 is 27.0 Å². The Balaban J connectivity index is 0.000000249. The van der Waals surface area contributed by atoms with Gasteiger partial charge in [0.15, 0.2) is 0 Å². The first-order valence-electron chi connectivity index (χ1n) is 27.0. The maximum atomic E-state index is 7.50. The van der Waals surface area contributed by atoms with Crippen molar-refractivity contribution in [3.63, 3.8) is 0 Å². The van der Waals surface area contributed by atoms with Gasteiger partial charge in [0.2, 0.25) is 0 Å². The van der Waals surface area contributed by atoms with Crippen LogP contribution in [0.1, 0.15) is 102 Å². The summed E-state index contributed by atoms with van der Waals surface area (Å²) in [6.45, 7) is 44.4. The topological polar surface area (TPSA) is 17.1 Å². The molecule has 0 aromatic heterocycles. The second-order valence-electron chi connectivity index (χ2n) is 21.6. The van der Waals surface area contributed by atoms with Crippen molar-refractivity contribution in [2.24, 2.45) is 0 Å². The van der Waals surface area contributed by atoms with Crippen molar-refractivity contribution in [3.8, 4) is 0 Å². The molecule has 0 aliphatic heterocycles. The molecule has 0 atom stereocenters. The van der Waals surface area contributed by atoms with Crippen molar-refractivity contribution in [2.75, 3.05) is 0 Å². The van der Waals surface area contributed by atoms with Gasteiger partial charge in [-0.2, -0.15) is 0 Å². The summed E-state index contributed by atoms with van der Waals surface area (Å²) >= 11 is 1.82. The normalized spacial score (nSPS) is 10.7. The van der Waals surface area contributed by atoms with Crippen LogP contribution in [-0.4, -0.2) is 6.79 Å². The molecule has 0 N–H and O–H groups in total. The van der Waals surface area contributed by atoms with Crippen molar-refractivity contribution in [1.82, 2.24) is 0 Å². The van der Waals surface area contributed by atoms with Crippen molar-refractivity contribution < 1.29 is 23.5 Å². The van der Waals surface area contributed by atoms with Crippen LogP contribution in [0.15, 0.2) is 164 Å². The first-order chi connectivity index (χ1) is 37.6. The molecule has 411 valence electrons. The Morgan fingerprint density at radius 2 is 0.316 bits per heavy atom. The van der Waals surface area contributed by atoms with Crippen LogP contribution in [0, 0.1) is 125 Å². The van der Waals surface area contributed by atoms with Gasteiger partial charge in [0, 0.05) is 0 Å². The monoisotopic (exact) mass is 1200 g/mol. The third-order valence-corrected chi connectivity index (χ3v) is 23.2. The number of carbonyl (C=O) groups excluding carboxylic acids is 1. The Kier molecular flexibility index (Phi) is 24.6. The summed E-state index contributed by atoms with van der Waals surface area (Å²) in [4.78, 5) is 7.50. The van der Waals surface area contributed by atoms with E-state index in [4.69, 9.17) is 4.79 Å². The van der Waals surface area contributed by atoms with Gasteiger partial charge in [0.1, 0.15) is 0 Å². The molecule has 0 heterocycles. The summed E-state index contributed by atoms with van der Waals surface area (Å²) in [5.41, 5.74) is 24.5. The molecule has 9 aromatic carbocycles. The molecule has 0 unspecified atom stereocenters. The van der Waals surface area contributed by atoms with E-state index in [1.165, 1.54) is 148 Å². The zero-order valence-corrected chi connectivity index (χ0v) is 55.2. The minimum atomic E-state index is -0.546. The van der Waals surface area contributed by atoms with E-state index < -0.39 is 23.8 Å². The SMILES string of the molecule is Cc1ccc(P(c2ccc(C)cc2C)c2ccc(C)cc2C)c(C)c1.Cc1ccc(P(c2ccc(C)cc2C)c2ccc(C)cc2C)c(C)c1.Cc1ccc(P(c2ccc(C)cc2C)c2ccc(C)cc2C)c(C)c1.[C]=O.[Cl][Ru].[H-]. The van der Waals surface area contributed by atoms with Gasteiger partial charge in [-0.25, -0.2) is 0 Å². The van der Waals surface area contributed by atoms with Crippen molar-refractivity contribution in [1.29, 1.82) is 0 Å². The minimum absolute atomic E-state index is 0. The van der Waals surface area contributed by atoms with Gasteiger partial charge in [0.25, 0.3) is 6.79 Å². The predicted molar refractivity (Wildman–Crippen MR) is 353 cm³/mol. The van der Waals surface area contributed by atoms with Gasteiger partial charge in [-0.05, 0) is 246 Å². The van der Waals surface area contributed by atoms with Crippen LogP contribution in [0.3, 0.4) is 0 Å². The summed E-state index contributed by atoms with van der Waals surface area (Å²) in [6.07, 6.45) is 0. The van der Waals surface area contributed by atoms with Crippen LogP contribution < -0.4 is 47.7 Å². The Hall–Kier alpha value is -5.15. The molecule has 79 heavy (non-hydrogen) atoms. The summed E-state index contributed by atoms with van der Waals surface area (Å²) in [6, 6.07) is 62.2. The first-order valence-corrected chi connectivity index (χ1v) is 33.3. The van der Waals surface area contributed by atoms with Crippen LogP contribution in [0.25, 0.3) is 0 Å². The van der Waals surface area contributed by atoms with Gasteiger partial charge in [0.05, 0.1) is 0 Å². The molecule has 1 nitrogen and oxygen atoms in total. The second-order valence-corrected chi connectivity index (χ2v) is 28.0. The standard InChI is InChI=1S/3C24H27P.CO.ClH.Ru.H/c3*1-16-7-10-22(19(4)13-16)25(23-11-8-17(2)14-20(23)5)24-12-9-18(3)15-21(24)6;1-2;;;/h3*7-15H,1-6H3;;1H;;/q;;;;;+1;-1/p-1. The van der Waals surface area contributed by atoms with Crippen molar-refractivity contribution >= 4 is 88.0 Å². The summed E-state index contributed by atoms with van der Waals surface area (Å²) in [5, 5.41) is 13.2. The summed E-state index contributed by atoms with van der Waals surface area (Å²) < 4.78 is 0. The first kappa shape index (κ1) is 64.7. The van der Waals surface area contributed by atoms with Gasteiger partial charge in [-0.3, -0.25) is 4.79 Å². The fourth-order valence-electron chi connectivity index (χ4n) is 10.7. The Morgan fingerprint density at radius 1 is 0.228 bits per heavy atom.